The summed E-state index contributed by atoms with van der Waals surface area (Å²) in [5, 5.41) is 0. The number of nitrogens with zero attached hydrogens (tertiary/aromatic N) is 4. The molecule has 0 radical (unpaired) electrons. The number of carbonyl (C=O) groups is 1. The highest BCUT2D eigenvalue weighted by Gasteiger charge is 2.31. The van der Waals surface area contributed by atoms with Crippen molar-refractivity contribution < 1.29 is 9.53 Å². The van der Waals surface area contributed by atoms with Crippen LogP contribution in [0.15, 0.2) is 42.6 Å². The number of aromatic nitrogens is 1. The molecule has 0 aliphatic carbocycles. The Kier molecular flexibility index (Phi) is 5.57. The van der Waals surface area contributed by atoms with E-state index in [2.05, 4.69) is 51.9 Å². The molecule has 2 aliphatic rings. The number of likely N-dealkylation sites (tertiary alicyclic amines) is 1. The van der Waals surface area contributed by atoms with Gasteiger partial charge < -0.3 is 19.1 Å². The molecule has 2 aliphatic heterocycles. The van der Waals surface area contributed by atoms with Crippen LogP contribution in [0.2, 0.25) is 0 Å². The van der Waals surface area contributed by atoms with Crippen molar-refractivity contribution in [3.05, 3.63) is 48.3 Å². The summed E-state index contributed by atoms with van der Waals surface area (Å²) in [5.74, 6) is 1.13. The minimum absolute atomic E-state index is 0.260. The van der Waals surface area contributed by atoms with Crippen molar-refractivity contribution in [3.8, 4) is 5.75 Å². The predicted octanol–water partition coefficient (Wildman–Crippen LogP) is 2.52. The van der Waals surface area contributed by atoms with Gasteiger partial charge in [-0.05, 0) is 55.8 Å². The van der Waals surface area contributed by atoms with E-state index in [1.165, 1.54) is 11.4 Å². The van der Waals surface area contributed by atoms with Crippen LogP contribution < -0.4 is 9.64 Å². The van der Waals surface area contributed by atoms with Crippen molar-refractivity contribution in [2.24, 2.45) is 7.05 Å². The molecule has 6 nitrogen and oxygen atoms in total. The lowest BCUT2D eigenvalue weighted by atomic mass is 10.1. The van der Waals surface area contributed by atoms with Crippen LogP contribution >= 0.6 is 0 Å². The molecule has 1 atom stereocenters. The topological polar surface area (TPSA) is 41.0 Å². The molecule has 4 rings (SSSR count). The number of hydrogen-bond donors (Lipinski definition) is 0. The van der Waals surface area contributed by atoms with Crippen LogP contribution in [-0.2, 0) is 11.8 Å². The van der Waals surface area contributed by atoms with Gasteiger partial charge in [-0.2, -0.15) is 0 Å². The van der Waals surface area contributed by atoms with Gasteiger partial charge in [0.05, 0.1) is 19.7 Å². The average Bonchev–Trinajstić information content (AvgIpc) is 3.36. The third-order valence-electron chi connectivity index (χ3n) is 6.10. The first kappa shape index (κ1) is 18.9. The van der Waals surface area contributed by atoms with Gasteiger partial charge in [0.2, 0.25) is 5.91 Å². The molecule has 0 unspecified atom stereocenters. The van der Waals surface area contributed by atoms with E-state index in [1.807, 2.05) is 17.0 Å². The van der Waals surface area contributed by atoms with E-state index in [9.17, 15) is 4.79 Å². The number of rotatable bonds is 5. The first-order valence-electron chi connectivity index (χ1n) is 10.2. The summed E-state index contributed by atoms with van der Waals surface area (Å²) in [6.45, 7) is 4.85. The molecule has 1 amide bonds. The number of hydrogen-bond acceptors (Lipinski definition) is 4. The highest BCUT2D eigenvalue weighted by molar-refractivity contribution is 5.78. The largest absolute Gasteiger partial charge is 0.497 e. The molecule has 1 aromatic heterocycles. The highest BCUT2D eigenvalue weighted by Crippen LogP contribution is 2.31. The Labute approximate surface area is 167 Å². The van der Waals surface area contributed by atoms with Gasteiger partial charge >= 0.3 is 0 Å². The Balaban J connectivity index is 1.32. The van der Waals surface area contributed by atoms with Crippen molar-refractivity contribution in [3.63, 3.8) is 0 Å². The summed E-state index contributed by atoms with van der Waals surface area (Å²) >= 11 is 0. The quantitative estimate of drug-likeness (QED) is 0.797. The second-order valence-corrected chi connectivity index (χ2v) is 7.74. The Hall–Kier alpha value is -2.47. The molecule has 6 heteroatoms. The summed E-state index contributed by atoms with van der Waals surface area (Å²) in [6, 6.07) is 12.8. The fourth-order valence-electron chi connectivity index (χ4n) is 4.45. The number of aryl methyl sites for hydroxylation is 1. The van der Waals surface area contributed by atoms with Crippen molar-refractivity contribution in [2.45, 2.75) is 18.9 Å². The molecule has 150 valence electrons. The first-order valence-corrected chi connectivity index (χ1v) is 10.2. The van der Waals surface area contributed by atoms with Crippen LogP contribution in [0.5, 0.6) is 5.75 Å². The van der Waals surface area contributed by atoms with E-state index in [1.54, 1.807) is 7.11 Å². The number of benzene rings is 1. The fraction of sp³-hybridized carbons (Fsp3) is 0.500. The van der Waals surface area contributed by atoms with E-state index in [4.69, 9.17) is 4.74 Å². The molecule has 1 aromatic carbocycles. The fourth-order valence-corrected chi connectivity index (χ4v) is 4.45. The zero-order valence-electron chi connectivity index (χ0n) is 16.9. The molecule has 2 fully saturated rings. The normalized spacial score (nSPS) is 20.6. The molecule has 0 bridgehead atoms. The van der Waals surface area contributed by atoms with Crippen LogP contribution in [-0.4, -0.2) is 66.7 Å². The molecule has 2 aromatic rings. The summed E-state index contributed by atoms with van der Waals surface area (Å²) in [6.07, 6.45) is 4.39. The van der Waals surface area contributed by atoms with Crippen molar-refractivity contribution in [1.29, 1.82) is 0 Å². The van der Waals surface area contributed by atoms with Gasteiger partial charge in [-0.15, -0.1) is 0 Å². The number of methoxy groups -OCH3 is 1. The first-order chi connectivity index (χ1) is 13.7. The van der Waals surface area contributed by atoms with Gasteiger partial charge in [0.1, 0.15) is 5.75 Å². The molecule has 0 N–H and O–H groups in total. The van der Waals surface area contributed by atoms with Crippen molar-refractivity contribution >= 4 is 11.6 Å². The number of ether oxygens (including phenoxy) is 1. The third kappa shape index (κ3) is 3.87. The maximum Gasteiger partial charge on any atom is 0.236 e. The predicted molar refractivity (Wildman–Crippen MR) is 111 cm³/mol. The van der Waals surface area contributed by atoms with E-state index < -0.39 is 0 Å². The van der Waals surface area contributed by atoms with Gasteiger partial charge in [-0.3, -0.25) is 9.69 Å². The monoisotopic (exact) mass is 382 g/mol. The van der Waals surface area contributed by atoms with Crippen LogP contribution in [0.3, 0.4) is 0 Å². The Morgan fingerprint density at radius 1 is 1.07 bits per heavy atom. The van der Waals surface area contributed by atoms with Crippen LogP contribution in [0, 0.1) is 0 Å². The number of piperazine rings is 1. The Bertz CT molecular complexity index is 793. The zero-order valence-corrected chi connectivity index (χ0v) is 16.9. The maximum absolute atomic E-state index is 12.9. The molecule has 0 spiro atoms. The lowest BCUT2D eigenvalue weighted by molar-refractivity contribution is -0.133. The van der Waals surface area contributed by atoms with Gasteiger partial charge in [-0.1, -0.05) is 0 Å². The number of carbonyl (C=O) groups excluding carboxylic acids is 1. The van der Waals surface area contributed by atoms with Gasteiger partial charge in [0.25, 0.3) is 0 Å². The second kappa shape index (κ2) is 8.27. The second-order valence-electron chi connectivity index (χ2n) is 7.74. The molecule has 28 heavy (non-hydrogen) atoms. The van der Waals surface area contributed by atoms with Crippen LogP contribution in [0.25, 0.3) is 0 Å². The highest BCUT2D eigenvalue weighted by atomic mass is 16.5. The average molecular weight is 383 g/mol. The standard InChI is InChI=1S/C22H30N4O2/c1-23-11-3-5-20(23)21-6-4-12-26(21)17-22(27)25-15-13-24(14-16-25)18-7-9-19(28-2)10-8-18/h3,5,7-11,21H,4,6,12-17H2,1-2H3/t21-/m0/s1. The van der Waals surface area contributed by atoms with Crippen molar-refractivity contribution in [2.75, 3.05) is 51.3 Å². The molecular weight excluding hydrogens is 352 g/mol. The summed E-state index contributed by atoms with van der Waals surface area (Å²) in [4.78, 5) is 19.6. The maximum atomic E-state index is 12.9. The smallest absolute Gasteiger partial charge is 0.236 e. The van der Waals surface area contributed by atoms with Crippen molar-refractivity contribution in [1.82, 2.24) is 14.4 Å². The lowest BCUT2D eigenvalue weighted by Crippen LogP contribution is -2.51. The summed E-state index contributed by atoms with van der Waals surface area (Å²) in [5.41, 5.74) is 2.51. The van der Waals surface area contributed by atoms with E-state index in [-0.39, 0.29) is 5.91 Å². The number of amides is 1. The molecular formula is C22H30N4O2. The third-order valence-corrected chi connectivity index (χ3v) is 6.10. The van der Waals surface area contributed by atoms with E-state index in [0.29, 0.717) is 12.6 Å². The summed E-state index contributed by atoms with van der Waals surface area (Å²) in [7, 11) is 3.77. The minimum atomic E-state index is 0.260. The molecule has 2 saturated heterocycles. The minimum Gasteiger partial charge on any atom is -0.497 e. The van der Waals surface area contributed by atoms with E-state index >= 15 is 0 Å². The van der Waals surface area contributed by atoms with Crippen LogP contribution in [0.1, 0.15) is 24.6 Å². The van der Waals surface area contributed by atoms with Crippen LogP contribution in [0.4, 0.5) is 5.69 Å². The van der Waals surface area contributed by atoms with E-state index in [0.717, 1.165) is 51.3 Å². The molecule has 0 saturated carbocycles. The van der Waals surface area contributed by atoms with Gasteiger partial charge in [-0.25, -0.2) is 0 Å². The van der Waals surface area contributed by atoms with Gasteiger partial charge in [0, 0.05) is 50.8 Å². The SMILES string of the molecule is COc1ccc(N2CCN(C(=O)CN3CCC[C@H]3c3cccn3C)CC2)cc1. The Morgan fingerprint density at radius 2 is 1.82 bits per heavy atom. The van der Waals surface area contributed by atoms with Gasteiger partial charge in [0.15, 0.2) is 0 Å². The summed E-state index contributed by atoms with van der Waals surface area (Å²) < 4.78 is 7.42. The number of anilines is 1. The molecule has 3 heterocycles. The Morgan fingerprint density at radius 3 is 2.46 bits per heavy atom. The lowest BCUT2D eigenvalue weighted by Gasteiger charge is -2.37. The zero-order chi connectivity index (χ0) is 19.5.